The number of benzene rings is 1. The second kappa shape index (κ2) is 3.89. The van der Waals surface area contributed by atoms with Crippen molar-refractivity contribution in [3.05, 3.63) is 24.0 Å². The summed E-state index contributed by atoms with van der Waals surface area (Å²) in [5.74, 6) is -2.10. The maximum Gasteiger partial charge on any atom is 0.311 e. The predicted octanol–water partition coefficient (Wildman–Crippen LogP) is 1.85. The molecule has 0 unspecified atom stereocenters. The SMILES string of the molecule is CCC(=O)Oc1cccc(F)c1O. The molecule has 1 rings (SSSR count). The maximum absolute atomic E-state index is 12.7. The van der Waals surface area contributed by atoms with Crippen LogP contribution in [-0.4, -0.2) is 11.1 Å². The summed E-state index contributed by atoms with van der Waals surface area (Å²) in [7, 11) is 0. The molecule has 0 aliphatic rings. The van der Waals surface area contributed by atoms with Gasteiger partial charge in [0, 0.05) is 6.42 Å². The van der Waals surface area contributed by atoms with Crippen LogP contribution < -0.4 is 4.74 Å². The number of esters is 1. The van der Waals surface area contributed by atoms with E-state index in [0.29, 0.717) is 0 Å². The summed E-state index contributed by atoms with van der Waals surface area (Å²) >= 11 is 0. The number of hydrogen-bond donors (Lipinski definition) is 1. The van der Waals surface area contributed by atoms with Crippen molar-refractivity contribution in [2.45, 2.75) is 13.3 Å². The van der Waals surface area contributed by atoms with Gasteiger partial charge in [-0.3, -0.25) is 4.79 Å². The van der Waals surface area contributed by atoms with Crippen LogP contribution >= 0.6 is 0 Å². The van der Waals surface area contributed by atoms with Gasteiger partial charge in [0.05, 0.1) is 0 Å². The number of carbonyl (C=O) groups excluding carboxylic acids is 1. The maximum atomic E-state index is 12.7. The number of ether oxygens (including phenoxy) is 1. The smallest absolute Gasteiger partial charge is 0.311 e. The van der Waals surface area contributed by atoms with Gasteiger partial charge in [0.1, 0.15) is 0 Å². The third-order valence-corrected chi connectivity index (χ3v) is 1.46. The number of para-hydroxylation sites is 1. The van der Waals surface area contributed by atoms with Crippen molar-refractivity contribution in [2.24, 2.45) is 0 Å². The number of phenolic OH excluding ortho intramolecular Hbond substituents is 1. The lowest BCUT2D eigenvalue weighted by atomic mass is 10.3. The molecule has 1 N–H and O–H groups in total. The highest BCUT2D eigenvalue weighted by atomic mass is 19.1. The Hall–Kier alpha value is -1.58. The molecule has 0 saturated heterocycles. The van der Waals surface area contributed by atoms with Crippen LogP contribution in [0.25, 0.3) is 0 Å². The Bertz CT molecular complexity index is 323. The van der Waals surface area contributed by atoms with E-state index in [-0.39, 0.29) is 12.2 Å². The summed E-state index contributed by atoms with van der Waals surface area (Å²) < 4.78 is 17.3. The third-order valence-electron chi connectivity index (χ3n) is 1.46. The van der Waals surface area contributed by atoms with E-state index in [4.69, 9.17) is 5.11 Å². The number of phenols is 1. The quantitative estimate of drug-likeness (QED) is 0.563. The number of carbonyl (C=O) groups is 1. The lowest BCUT2D eigenvalue weighted by Crippen LogP contribution is -2.05. The van der Waals surface area contributed by atoms with Crippen LogP contribution in [0.3, 0.4) is 0 Å². The zero-order chi connectivity index (χ0) is 9.84. The number of halogens is 1. The van der Waals surface area contributed by atoms with E-state index in [9.17, 15) is 9.18 Å². The molecule has 0 radical (unpaired) electrons. The van der Waals surface area contributed by atoms with Gasteiger partial charge >= 0.3 is 5.97 Å². The average Bonchev–Trinajstić information content (AvgIpc) is 2.13. The minimum Gasteiger partial charge on any atom is -0.502 e. The van der Waals surface area contributed by atoms with Gasteiger partial charge in [-0.25, -0.2) is 4.39 Å². The fourth-order valence-electron chi connectivity index (χ4n) is 0.773. The summed E-state index contributed by atoms with van der Waals surface area (Å²) in [5.41, 5.74) is 0. The first-order valence-electron chi connectivity index (χ1n) is 3.83. The first kappa shape index (κ1) is 9.51. The van der Waals surface area contributed by atoms with Crippen LogP contribution in [0.2, 0.25) is 0 Å². The Labute approximate surface area is 74.8 Å². The molecule has 0 fully saturated rings. The van der Waals surface area contributed by atoms with Crippen LogP contribution in [0.4, 0.5) is 4.39 Å². The lowest BCUT2D eigenvalue weighted by Gasteiger charge is -2.04. The van der Waals surface area contributed by atoms with Crippen molar-refractivity contribution in [1.82, 2.24) is 0 Å². The average molecular weight is 184 g/mol. The van der Waals surface area contributed by atoms with E-state index in [0.717, 1.165) is 6.07 Å². The zero-order valence-electron chi connectivity index (χ0n) is 7.08. The molecule has 0 aromatic heterocycles. The first-order valence-corrected chi connectivity index (χ1v) is 3.83. The van der Waals surface area contributed by atoms with E-state index in [2.05, 4.69) is 4.74 Å². The molecule has 0 aliphatic carbocycles. The van der Waals surface area contributed by atoms with Crippen molar-refractivity contribution in [3.63, 3.8) is 0 Å². The molecule has 0 bridgehead atoms. The van der Waals surface area contributed by atoms with Crippen LogP contribution in [0.5, 0.6) is 11.5 Å². The van der Waals surface area contributed by atoms with Crippen molar-refractivity contribution < 1.29 is 19.0 Å². The Balaban J connectivity index is 2.89. The van der Waals surface area contributed by atoms with Gasteiger partial charge in [-0.15, -0.1) is 0 Å². The first-order chi connectivity index (χ1) is 6.15. The van der Waals surface area contributed by atoms with Crippen molar-refractivity contribution in [3.8, 4) is 11.5 Å². The van der Waals surface area contributed by atoms with Crippen LogP contribution in [0.15, 0.2) is 18.2 Å². The standard InChI is InChI=1S/C9H9FO3/c1-2-8(11)13-7-5-3-4-6(10)9(7)12/h3-5,12H,2H2,1H3. The molecule has 70 valence electrons. The fraction of sp³-hybridized carbons (Fsp3) is 0.222. The molecule has 1 aromatic carbocycles. The molecule has 13 heavy (non-hydrogen) atoms. The van der Waals surface area contributed by atoms with Gasteiger partial charge in [0.2, 0.25) is 0 Å². The molecule has 0 aliphatic heterocycles. The fourth-order valence-corrected chi connectivity index (χ4v) is 0.773. The van der Waals surface area contributed by atoms with E-state index < -0.39 is 17.5 Å². The number of hydrogen-bond acceptors (Lipinski definition) is 3. The third kappa shape index (κ3) is 2.18. The molecule has 0 heterocycles. The van der Waals surface area contributed by atoms with Gasteiger partial charge in [-0.2, -0.15) is 0 Å². The van der Waals surface area contributed by atoms with Crippen LogP contribution in [0.1, 0.15) is 13.3 Å². The highest BCUT2D eigenvalue weighted by molar-refractivity contribution is 5.72. The minimum atomic E-state index is -0.804. The predicted molar refractivity (Wildman–Crippen MR) is 44.0 cm³/mol. The molecule has 1 aromatic rings. The summed E-state index contributed by atoms with van der Waals surface area (Å²) in [6.07, 6.45) is 0.177. The molecule has 3 nitrogen and oxygen atoms in total. The largest absolute Gasteiger partial charge is 0.502 e. The van der Waals surface area contributed by atoms with E-state index in [1.165, 1.54) is 12.1 Å². The lowest BCUT2D eigenvalue weighted by molar-refractivity contribution is -0.134. The topological polar surface area (TPSA) is 46.5 Å². The minimum absolute atomic E-state index is 0.146. The summed E-state index contributed by atoms with van der Waals surface area (Å²) in [6, 6.07) is 3.76. The monoisotopic (exact) mass is 184 g/mol. The molecule has 0 atom stereocenters. The summed E-state index contributed by atoms with van der Waals surface area (Å²) in [4.78, 5) is 10.8. The highest BCUT2D eigenvalue weighted by Gasteiger charge is 2.10. The highest BCUT2D eigenvalue weighted by Crippen LogP contribution is 2.28. The van der Waals surface area contributed by atoms with Crippen molar-refractivity contribution >= 4 is 5.97 Å². The zero-order valence-corrected chi connectivity index (χ0v) is 7.08. The second-order valence-corrected chi connectivity index (χ2v) is 2.41. The second-order valence-electron chi connectivity index (χ2n) is 2.41. The van der Waals surface area contributed by atoms with Gasteiger partial charge < -0.3 is 9.84 Å². The van der Waals surface area contributed by atoms with E-state index in [1.807, 2.05) is 0 Å². The Kier molecular flexibility index (Phi) is 2.84. The Morgan fingerprint density at radius 1 is 1.62 bits per heavy atom. The molecule has 0 amide bonds. The summed E-state index contributed by atoms with van der Waals surface area (Å²) in [5, 5.41) is 9.09. The number of rotatable bonds is 2. The van der Waals surface area contributed by atoms with E-state index >= 15 is 0 Å². The van der Waals surface area contributed by atoms with Crippen LogP contribution in [0, 0.1) is 5.82 Å². The van der Waals surface area contributed by atoms with E-state index in [1.54, 1.807) is 6.92 Å². The van der Waals surface area contributed by atoms with Gasteiger partial charge in [-0.05, 0) is 12.1 Å². The van der Waals surface area contributed by atoms with Gasteiger partial charge in [0.25, 0.3) is 0 Å². The normalized spacial score (nSPS) is 9.69. The molecule has 4 heteroatoms. The molecular weight excluding hydrogens is 175 g/mol. The Morgan fingerprint density at radius 2 is 2.31 bits per heavy atom. The summed E-state index contributed by atoms with van der Waals surface area (Å²) in [6.45, 7) is 1.61. The van der Waals surface area contributed by atoms with Gasteiger partial charge in [0.15, 0.2) is 17.3 Å². The van der Waals surface area contributed by atoms with Crippen molar-refractivity contribution in [2.75, 3.05) is 0 Å². The number of aromatic hydroxyl groups is 1. The molecule has 0 spiro atoms. The van der Waals surface area contributed by atoms with Crippen LogP contribution in [-0.2, 0) is 4.79 Å². The Morgan fingerprint density at radius 3 is 2.92 bits per heavy atom. The molecule has 0 saturated carbocycles. The van der Waals surface area contributed by atoms with Gasteiger partial charge in [-0.1, -0.05) is 13.0 Å². The van der Waals surface area contributed by atoms with Crippen molar-refractivity contribution in [1.29, 1.82) is 0 Å². The molecular formula is C9H9FO3.